The van der Waals surface area contributed by atoms with E-state index in [-0.39, 0.29) is 17.9 Å². The van der Waals surface area contributed by atoms with Crippen LogP contribution in [-0.2, 0) is 4.79 Å². The predicted octanol–water partition coefficient (Wildman–Crippen LogP) is 0.711. The van der Waals surface area contributed by atoms with Crippen molar-refractivity contribution < 1.29 is 9.66 Å². The number of fused-ring (bicyclic) bond motifs is 1. The van der Waals surface area contributed by atoms with Gasteiger partial charge >= 0.3 is 0 Å². The molecule has 2 rings (SSSR count). The highest BCUT2D eigenvalue weighted by Crippen LogP contribution is 2.32. The molecule has 1 heterocycles. The van der Waals surface area contributed by atoms with Gasteiger partial charge in [0.15, 0.2) is 0 Å². The van der Waals surface area contributed by atoms with Crippen LogP contribution in [0.25, 0.3) is 0 Å². The minimum atomic E-state index is -0.0590. The zero-order valence-corrected chi connectivity index (χ0v) is 7.19. The largest absolute Gasteiger partial charge is 0.291 e. The normalized spacial score (nSPS) is 35.6. The first-order valence-electron chi connectivity index (χ1n) is 4.45. The Labute approximate surface area is 71.1 Å². The fraction of sp³-hybridized carbons (Fsp3) is 0.875. The van der Waals surface area contributed by atoms with E-state index in [2.05, 4.69) is 0 Å². The molecule has 2 atom stereocenters. The molecule has 4 heteroatoms. The number of hydrazine groups is 1. The van der Waals surface area contributed by atoms with Crippen molar-refractivity contribution >= 4 is 5.91 Å². The standard InChI is InChI=1S/C8H13N2O2/c1-9-8(11)6-4-2-3-5-7(6)10(9)12/h6-7H,2-5H2,1H3/q+1. The van der Waals surface area contributed by atoms with E-state index in [0.717, 1.165) is 30.6 Å². The molecule has 0 aromatic rings. The maximum Gasteiger partial charge on any atom is 0.291 e. The molecule has 1 saturated carbocycles. The second-order valence-corrected chi connectivity index (χ2v) is 3.62. The van der Waals surface area contributed by atoms with Crippen molar-refractivity contribution in [1.29, 1.82) is 0 Å². The number of carbonyl (C=O) groups is 1. The fourth-order valence-electron chi connectivity index (χ4n) is 2.22. The molecule has 1 aliphatic heterocycles. The van der Waals surface area contributed by atoms with Crippen molar-refractivity contribution in [2.75, 3.05) is 7.05 Å². The Balaban J connectivity index is 2.25. The van der Waals surface area contributed by atoms with Crippen molar-refractivity contribution in [2.45, 2.75) is 31.7 Å². The highest BCUT2D eigenvalue weighted by Gasteiger charge is 2.53. The minimum Gasteiger partial charge on any atom is -0.268 e. The van der Waals surface area contributed by atoms with E-state index in [1.54, 1.807) is 7.05 Å². The Morgan fingerprint density at radius 2 is 2.08 bits per heavy atom. The Bertz CT molecular complexity index is 215. The first-order chi connectivity index (χ1) is 5.72. The molecule has 0 radical (unpaired) electrons. The quantitative estimate of drug-likeness (QED) is 0.501. The van der Waals surface area contributed by atoms with Gasteiger partial charge < -0.3 is 0 Å². The van der Waals surface area contributed by atoms with E-state index in [4.69, 9.17) is 0 Å². The van der Waals surface area contributed by atoms with Crippen LogP contribution in [0.3, 0.4) is 0 Å². The number of nitrogens with zero attached hydrogens (tertiary/aromatic N) is 2. The summed E-state index contributed by atoms with van der Waals surface area (Å²) in [6, 6.07) is -0.0590. The summed E-state index contributed by atoms with van der Waals surface area (Å²) in [5.41, 5.74) is 0. The van der Waals surface area contributed by atoms with Crippen LogP contribution in [0.1, 0.15) is 25.7 Å². The van der Waals surface area contributed by atoms with Crippen LogP contribution < -0.4 is 0 Å². The van der Waals surface area contributed by atoms with Gasteiger partial charge in [-0.05, 0) is 12.8 Å². The molecule has 0 bridgehead atoms. The number of carbonyl (C=O) groups excluding carboxylic acids is 1. The Hall–Kier alpha value is -0.930. The summed E-state index contributed by atoms with van der Waals surface area (Å²) < 4.78 is 0. The maximum absolute atomic E-state index is 11.4. The van der Waals surface area contributed by atoms with Gasteiger partial charge in [-0.1, -0.05) is 11.4 Å². The lowest BCUT2D eigenvalue weighted by Crippen LogP contribution is -2.29. The van der Waals surface area contributed by atoms with Crippen LogP contribution in [0, 0.1) is 10.8 Å². The van der Waals surface area contributed by atoms with Crippen LogP contribution in [0.2, 0.25) is 0 Å². The smallest absolute Gasteiger partial charge is 0.268 e. The van der Waals surface area contributed by atoms with Gasteiger partial charge in [0.1, 0.15) is 10.8 Å². The van der Waals surface area contributed by atoms with E-state index in [0.29, 0.717) is 0 Å². The predicted molar refractivity (Wildman–Crippen MR) is 42.1 cm³/mol. The van der Waals surface area contributed by atoms with Crippen molar-refractivity contribution in [3.05, 3.63) is 4.91 Å². The summed E-state index contributed by atoms with van der Waals surface area (Å²) in [5, 5.41) is 1.22. The molecular formula is C8H13N2O2+. The highest BCUT2D eigenvalue weighted by molar-refractivity contribution is 5.79. The first-order valence-corrected chi connectivity index (χ1v) is 4.45. The van der Waals surface area contributed by atoms with Gasteiger partial charge in [-0.25, -0.2) is 0 Å². The van der Waals surface area contributed by atoms with Crippen molar-refractivity contribution in [2.24, 2.45) is 5.92 Å². The Morgan fingerprint density at radius 3 is 2.75 bits per heavy atom. The molecule has 2 aliphatic rings. The number of rotatable bonds is 0. The van der Waals surface area contributed by atoms with E-state index >= 15 is 0 Å². The molecule has 0 aromatic carbocycles. The van der Waals surface area contributed by atoms with E-state index in [9.17, 15) is 9.70 Å². The van der Waals surface area contributed by atoms with Crippen LogP contribution in [0.5, 0.6) is 0 Å². The third-order valence-corrected chi connectivity index (χ3v) is 2.95. The lowest BCUT2D eigenvalue weighted by molar-refractivity contribution is -0.699. The third kappa shape index (κ3) is 0.869. The Morgan fingerprint density at radius 1 is 1.42 bits per heavy atom. The summed E-state index contributed by atoms with van der Waals surface area (Å²) in [6.45, 7) is 0. The molecular weight excluding hydrogens is 156 g/mol. The van der Waals surface area contributed by atoms with Crippen LogP contribution >= 0.6 is 0 Å². The molecule has 0 N–H and O–H groups in total. The van der Waals surface area contributed by atoms with Gasteiger partial charge in [0, 0.05) is 6.42 Å². The van der Waals surface area contributed by atoms with Gasteiger partial charge in [0.05, 0.1) is 12.0 Å². The van der Waals surface area contributed by atoms with Gasteiger partial charge in [-0.15, -0.1) is 0 Å². The van der Waals surface area contributed by atoms with Crippen LogP contribution in [0.4, 0.5) is 0 Å². The lowest BCUT2D eigenvalue weighted by Gasteiger charge is -2.13. The summed E-state index contributed by atoms with van der Waals surface area (Å²) in [5.74, 6) is -0.00375. The molecule has 2 fully saturated rings. The van der Waals surface area contributed by atoms with Crippen molar-refractivity contribution in [3.63, 3.8) is 0 Å². The average molecular weight is 169 g/mol. The average Bonchev–Trinajstić information content (AvgIpc) is 2.33. The molecule has 4 nitrogen and oxygen atoms in total. The van der Waals surface area contributed by atoms with Crippen molar-refractivity contribution in [3.8, 4) is 0 Å². The molecule has 0 spiro atoms. The lowest BCUT2D eigenvalue weighted by atomic mass is 9.86. The monoisotopic (exact) mass is 169 g/mol. The van der Waals surface area contributed by atoms with E-state index in [1.165, 1.54) is 5.01 Å². The Kier molecular flexibility index (Phi) is 1.63. The van der Waals surface area contributed by atoms with Crippen LogP contribution in [-0.4, -0.2) is 28.9 Å². The molecule has 12 heavy (non-hydrogen) atoms. The van der Waals surface area contributed by atoms with Gasteiger partial charge in [0.25, 0.3) is 5.91 Å². The van der Waals surface area contributed by atoms with Gasteiger partial charge in [-0.3, -0.25) is 4.79 Å². The van der Waals surface area contributed by atoms with Gasteiger partial charge in [-0.2, -0.15) is 0 Å². The van der Waals surface area contributed by atoms with E-state index < -0.39 is 0 Å². The number of amides is 1. The zero-order valence-electron chi connectivity index (χ0n) is 7.19. The van der Waals surface area contributed by atoms with E-state index in [1.807, 2.05) is 0 Å². The summed E-state index contributed by atoms with van der Waals surface area (Å²) in [6.07, 6.45) is 3.95. The summed E-state index contributed by atoms with van der Waals surface area (Å²) in [7, 11) is 1.56. The fourth-order valence-corrected chi connectivity index (χ4v) is 2.22. The zero-order chi connectivity index (χ0) is 8.72. The highest BCUT2D eigenvalue weighted by atomic mass is 16.3. The summed E-state index contributed by atoms with van der Waals surface area (Å²) >= 11 is 0. The maximum atomic E-state index is 11.4. The molecule has 1 amide bonds. The van der Waals surface area contributed by atoms with Crippen LogP contribution in [0.15, 0.2) is 0 Å². The molecule has 1 saturated heterocycles. The SMILES string of the molecule is CN1C(=O)C2CCCCC2[N+]1=O. The number of hydrogen-bond acceptors (Lipinski definition) is 2. The van der Waals surface area contributed by atoms with Gasteiger partial charge in [0.2, 0.25) is 6.04 Å². The molecule has 1 aliphatic carbocycles. The first kappa shape index (κ1) is 7.71. The molecule has 66 valence electrons. The summed E-state index contributed by atoms with van der Waals surface area (Å²) in [4.78, 5) is 23.7. The second-order valence-electron chi connectivity index (χ2n) is 3.62. The minimum absolute atomic E-state index is 0.00898. The number of hydrogen-bond donors (Lipinski definition) is 0. The number of nitroso groups, excluding NO2 is 1. The second kappa shape index (κ2) is 2.54. The third-order valence-electron chi connectivity index (χ3n) is 2.95. The molecule has 2 unspecified atom stereocenters. The topological polar surface area (TPSA) is 40.4 Å². The van der Waals surface area contributed by atoms with Crippen molar-refractivity contribution in [1.82, 2.24) is 5.01 Å². The molecule has 0 aromatic heterocycles.